The van der Waals surface area contributed by atoms with E-state index in [1.54, 1.807) is 0 Å². The highest BCUT2D eigenvalue weighted by Gasteiger charge is 2.28. The minimum absolute atomic E-state index is 0.0534. The molecule has 0 bridgehead atoms. The molecular weight excluding hydrogens is 200 g/mol. The van der Waals surface area contributed by atoms with Crippen molar-refractivity contribution in [3.8, 4) is 0 Å². The summed E-state index contributed by atoms with van der Waals surface area (Å²) in [6, 6.07) is 6.59. The zero-order valence-corrected chi connectivity index (χ0v) is 9.42. The van der Waals surface area contributed by atoms with Crippen LogP contribution in [0.1, 0.15) is 35.7 Å². The minimum Gasteiger partial charge on any atom is -0.382 e. The van der Waals surface area contributed by atoms with Crippen LogP contribution in [0.2, 0.25) is 0 Å². The molecule has 1 saturated carbocycles. The van der Waals surface area contributed by atoms with Crippen molar-refractivity contribution in [2.45, 2.75) is 32.4 Å². The fourth-order valence-electron chi connectivity index (χ4n) is 2.28. The fourth-order valence-corrected chi connectivity index (χ4v) is 2.28. The summed E-state index contributed by atoms with van der Waals surface area (Å²) in [5, 5.41) is 6.31. The SMILES string of the molecule is CC(Nc1ccc2c(c1)C(=O)NC2)C1CC1. The number of hydrogen-bond acceptors (Lipinski definition) is 2. The second-order valence-corrected chi connectivity index (χ2v) is 4.83. The molecule has 1 aromatic rings. The Morgan fingerprint density at radius 1 is 1.44 bits per heavy atom. The van der Waals surface area contributed by atoms with Crippen molar-refractivity contribution in [3.63, 3.8) is 0 Å². The quantitative estimate of drug-likeness (QED) is 0.812. The molecular formula is C13H16N2O. The third kappa shape index (κ3) is 1.66. The lowest BCUT2D eigenvalue weighted by Gasteiger charge is -2.14. The van der Waals surface area contributed by atoms with Crippen LogP contribution >= 0.6 is 0 Å². The van der Waals surface area contributed by atoms with Crippen LogP contribution in [0, 0.1) is 5.92 Å². The van der Waals surface area contributed by atoms with E-state index in [1.165, 1.54) is 12.8 Å². The molecule has 0 saturated heterocycles. The van der Waals surface area contributed by atoms with Gasteiger partial charge >= 0.3 is 0 Å². The molecule has 1 atom stereocenters. The summed E-state index contributed by atoms with van der Waals surface area (Å²) >= 11 is 0. The Morgan fingerprint density at radius 2 is 2.25 bits per heavy atom. The number of rotatable bonds is 3. The number of fused-ring (bicyclic) bond motifs is 1. The van der Waals surface area contributed by atoms with Crippen LogP contribution in [-0.4, -0.2) is 11.9 Å². The van der Waals surface area contributed by atoms with Gasteiger partial charge in [-0.2, -0.15) is 0 Å². The zero-order chi connectivity index (χ0) is 11.1. The van der Waals surface area contributed by atoms with Crippen LogP contribution in [0.25, 0.3) is 0 Å². The van der Waals surface area contributed by atoms with Gasteiger partial charge in [0, 0.05) is 23.8 Å². The van der Waals surface area contributed by atoms with E-state index in [9.17, 15) is 4.79 Å². The topological polar surface area (TPSA) is 41.1 Å². The third-order valence-electron chi connectivity index (χ3n) is 3.52. The average molecular weight is 216 g/mol. The first-order chi connectivity index (χ1) is 7.74. The van der Waals surface area contributed by atoms with Gasteiger partial charge in [-0.25, -0.2) is 0 Å². The average Bonchev–Trinajstić information content (AvgIpc) is 3.06. The van der Waals surface area contributed by atoms with E-state index in [-0.39, 0.29) is 5.91 Å². The summed E-state index contributed by atoms with van der Waals surface area (Å²) in [7, 11) is 0. The van der Waals surface area contributed by atoms with Crippen molar-refractivity contribution in [2.24, 2.45) is 5.92 Å². The second kappa shape index (κ2) is 3.51. The Bertz CT molecular complexity index is 438. The van der Waals surface area contributed by atoms with Crippen LogP contribution in [0.15, 0.2) is 18.2 Å². The number of anilines is 1. The molecule has 0 aromatic heterocycles. The second-order valence-electron chi connectivity index (χ2n) is 4.83. The van der Waals surface area contributed by atoms with Gasteiger partial charge in [0.1, 0.15) is 0 Å². The number of hydrogen-bond donors (Lipinski definition) is 2. The van der Waals surface area contributed by atoms with E-state index in [2.05, 4.69) is 23.6 Å². The van der Waals surface area contributed by atoms with Gasteiger partial charge in [0.05, 0.1) is 0 Å². The first kappa shape index (κ1) is 9.70. The van der Waals surface area contributed by atoms with Crippen molar-refractivity contribution >= 4 is 11.6 Å². The molecule has 1 aliphatic carbocycles. The van der Waals surface area contributed by atoms with E-state index in [1.807, 2.05) is 12.1 Å². The van der Waals surface area contributed by atoms with E-state index >= 15 is 0 Å². The van der Waals surface area contributed by atoms with Crippen molar-refractivity contribution in [1.82, 2.24) is 5.32 Å². The van der Waals surface area contributed by atoms with Gasteiger partial charge in [0.2, 0.25) is 0 Å². The van der Waals surface area contributed by atoms with Gasteiger partial charge in [0.25, 0.3) is 5.91 Å². The molecule has 84 valence electrons. The van der Waals surface area contributed by atoms with Crippen LogP contribution in [0.4, 0.5) is 5.69 Å². The predicted octanol–water partition coefficient (Wildman–Crippen LogP) is 2.14. The van der Waals surface area contributed by atoms with Gasteiger partial charge in [-0.1, -0.05) is 6.07 Å². The third-order valence-corrected chi connectivity index (χ3v) is 3.52. The summed E-state index contributed by atoms with van der Waals surface area (Å²) in [5.41, 5.74) is 3.00. The maximum atomic E-state index is 11.5. The molecule has 1 aromatic carbocycles. The van der Waals surface area contributed by atoms with Gasteiger partial charge in [-0.3, -0.25) is 4.79 Å². The van der Waals surface area contributed by atoms with Gasteiger partial charge in [-0.05, 0) is 43.4 Å². The van der Waals surface area contributed by atoms with Crippen LogP contribution in [0.5, 0.6) is 0 Å². The summed E-state index contributed by atoms with van der Waals surface area (Å²) in [4.78, 5) is 11.5. The first-order valence-electron chi connectivity index (χ1n) is 5.92. The lowest BCUT2D eigenvalue weighted by Crippen LogP contribution is -2.17. The molecule has 1 aliphatic heterocycles. The largest absolute Gasteiger partial charge is 0.382 e. The Balaban J connectivity index is 1.80. The highest BCUT2D eigenvalue weighted by atomic mass is 16.1. The summed E-state index contributed by atoms with van der Waals surface area (Å²) in [6.45, 7) is 2.89. The molecule has 16 heavy (non-hydrogen) atoms. The van der Waals surface area contributed by atoms with E-state index in [4.69, 9.17) is 0 Å². The number of carbonyl (C=O) groups excluding carboxylic acids is 1. The Labute approximate surface area is 95.2 Å². The molecule has 3 heteroatoms. The number of nitrogens with one attached hydrogen (secondary N) is 2. The maximum Gasteiger partial charge on any atom is 0.251 e. The predicted molar refractivity (Wildman–Crippen MR) is 63.4 cm³/mol. The Hall–Kier alpha value is -1.51. The lowest BCUT2D eigenvalue weighted by atomic mass is 10.1. The van der Waals surface area contributed by atoms with Crippen LogP contribution < -0.4 is 10.6 Å². The smallest absolute Gasteiger partial charge is 0.251 e. The van der Waals surface area contributed by atoms with Crippen molar-refractivity contribution in [3.05, 3.63) is 29.3 Å². The van der Waals surface area contributed by atoms with Crippen molar-refractivity contribution < 1.29 is 4.79 Å². The Morgan fingerprint density at radius 3 is 3.00 bits per heavy atom. The van der Waals surface area contributed by atoms with Crippen molar-refractivity contribution in [2.75, 3.05) is 5.32 Å². The summed E-state index contributed by atoms with van der Waals surface area (Å²) < 4.78 is 0. The highest BCUT2D eigenvalue weighted by molar-refractivity contribution is 5.99. The van der Waals surface area contributed by atoms with Crippen LogP contribution in [-0.2, 0) is 6.54 Å². The van der Waals surface area contributed by atoms with Crippen molar-refractivity contribution in [1.29, 1.82) is 0 Å². The number of carbonyl (C=O) groups is 1. The molecule has 3 rings (SSSR count). The molecule has 2 aliphatic rings. The molecule has 1 fully saturated rings. The van der Waals surface area contributed by atoms with E-state index in [0.717, 1.165) is 22.7 Å². The highest BCUT2D eigenvalue weighted by Crippen LogP contribution is 2.34. The molecule has 2 N–H and O–H groups in total. The first-order valence-corrected chi connectivity index (χ1v) is 5.92. The molecule has 1 unspecified atom stereocenters. The summed E-state index contributed by atoms with van der Waals surface area (Å²) in [5.74, 6) is 0.875. The minimum atomic E-state index is 0.0534. The molecule has 3 nitrogen and oxygen atoms in total. The normalized spacial score (nSPS) is 20.2. The number of benzene rings is 1. The van der Waals surface area contributed by atoms with Gasteiger partial charge in [0.15, 0.2) is 0 Å². The monoisotopic (exact) mass is 216 g/mol. The number of amides is 1. The fraction of sp³-hybridized carbons (Fsp3) is 0.462. The van der Waals surface area contributed by atoms with Gasteiger partial charge in [-0.15, -0.1) is 0 Å². The standard InChI is InChI=1S/C13H16N2O/c1-8(9-2-3-9)15-11-5-4-10-7-14-13(16)12(10)6-11/h4-6,8-9,15H,2-3,7H2,1H3,(H,14,16). The molecule has 1 amide bonds. The summed E-state index contributed by atoms with van der Waals surface area (Å²) in [6.07, 6.45) is 2.67. The molecule has 0 radical (unpaired) electrons. The maximum absolute atomic E-state index is 11.5. The molecule has 1 heterocycles. The van der Waals surface area contributed by atoms with E-state index in [0.29, 0.717) is 12.6 Å². The zero-order valence-electron chi connectivity index (χ0n) is 9.42. The van der Waals surface area contributed by atoms with Crippen LogP contribution in [0.3, 0.4) is 0 Å². The lowest BCUT2D eigenvalue weighted by molar-refractivity contribution is 0.0966. The molecule has 0 spiro atoms. The van der Waals surface area contributed by atoms with E-state index < -0.39 is 0 Å². The van der Waals surface area contributed by atoms with Gasteiger partial charge < -0.3 is 10.6 Å². The Kier molecular flexibility index (Phi) is 2.13.